The molecule has 2 rings (SSSR count). The van der Waals surface area contributed by atoms with E-state index in [2.05, 4.69) is 6.92 Å². The maximum absolute atomic E-state index is 12.4. The van der Waals surface area contributed by atoms with E-state index in [1.54, 1.807) is 6.26 Å². The third-order valence-corrected chi connectivity index (χ3v) is 3.67. The van der Waals surface area contributed by atoms with E-state index in [9.17, 15) is 4.79 Å². The minimum atomic E-state index is -0.0190. The molecule has 0 radical (unpaired) electrons. The van der Waals surface area contributed by atoms with E-state index in [4.69, 9.17) is 10.2 Å². The van der Waals surface area contributed by atoms with Gasteiger partial charge in [-0.15, -0.1) is 12.4 Å². The lowest BCUT2D eigenvalue weighted by Gasteiger charge is -2.39. The third-order valence-electron chi connectivity index (χ3n) is 3.67. The molecule has 1 aromatic rings. The predicted octanol–water partition coefficient (Wildman–Crippen LogP) is 2.21. The zero-order valence-corrected chi connectivity index (χ0v) is 11.7. The van der Waals surface area contributed by atoms with Crippen molar-refractivity contribution in [3.8, 4) is 0 Å². The third kappa shape index (κ3) is 2.70. The van der Waals surface area contributed by atoms with E-state index in [0.29, 0.717) is 18.2 Å². The van der Waals surface area contributed by atoms with Crippen LogP contribution in [0.15, 0.2) is 16.7 Å². The molecule has 1 saturated heterocycles. The Hall–Kier alpha value is -1.00. The maximum Gasteiger partial charge on any atom is 0.290 e. The van der Waals surface area contributed by atoms with Gasteiger partial charge in [-0.05, 0) is 31.7 Å². The second-order valence-corrected chi connectivity index (χ2v) is 4.85. The Morgan fingerprint density at radius 1 is 1.61 bits per heavy atom. The molecule has 18 heavy (non-hydrogen) atoms. The van der Waals surface area contributed by atoms with Gasteiger partial charge in [0, 0.05) is 24.7 Å². The van der Waals surface area contributed by atoms with Crippen LogP contribution in [0.4, 0.5) is 0 Å². The molecule has 0 saturated carbocycles. The zero-order valence-electron chi connectivity index (χ0n) is 10.9. The Labute approximate surface area is 114 Å². The van der Waals surface area contributed by atoms with Gasteiger partial charge < -0.3 is 15.1 Å². The van der Waals surface area contributed by atoms with Crippen molar-refractivity contribution >= 4 is 18.3 Å². The van der Waals surface area contributed by atoms with Gasteiger partial charge in [-0.2, -0.15) is 0 Å². The minimum absolute atomic E-state index is 0. The molecular formula is C13H21ClN2O2. The number of furan rings is 1. The summed E-state index contributed by atoms with van der Waals surface area (Å²) in [5.41, 5.74) is 6.68. The number of carbonyl (C=O) groups excluding carboxylic acids is 1. The first-order chi connectivity index (χ1) is 8.15. The average Bonchev–Trinajstić information content (AvgIpc) is 2.74. The van der Waals surface area contributed by atoms with Gasteiger partial charge in [0.15, 0.2) is 5.76 Å². The van der Waals surface area contributed by atoms with E-state index >= 15 is 0 Å². The van der Waals surface area contributed by atoms with Crippen LogP contribution in [0.3, 0.4) is 0 Å². The van der Waals surface area contributed by atoms with Crippen molar-refractivity contribution < 1.29 is 9.21 Å². The van der Waals surface area contributed by atoms with Crippen LogP contribution < -0.4 is 5.73 Å². The topological polar surface area (TPSA) is 59.5 Å². The van der Waals surface area contributed by atoms with Crippen LogP contribution in [0.2, 0.25) is 0 Å². The van der Waals surface area contributed by atoms with Crippen LogP contribution in [0.5, 0.6) is 0 Å². The molecule has 4 nitrogen and oxygen atoms in total. The number of hydrogen-bond donors (Lipinski definition) is 1. The van der Waals surface area contributed by atoms with Crippen molar-refractivity contribution in [1.82, 2.24) is 4.90 Å². The van der Waals surface area contributed by atoms with Gasteiger partial charge in [0.25, 0.3) is 5.91 Å². The van der Waals surface area contributed by atoms with Crippen molar-refractivity contribution in [2.75, 3.05) is 13.1 Å². The molecule has 0 bridgehead atoms. The molecule has 1 aromatic heterocycles. The molecule has 1 amide bonds. The molecule has 5 heteroatoms. The molecule has 1 aliphatic heterocycles. The van der Waals surface area contributed by atoms with Crippen LogP contribution in [-0.4, -0.2) is 29.9 Å². The number of likely N-dealkylation sites (tertiary alicyclic amines) is 1. The Morgan fingerprint density at radius 3 is 2.89 bits per heavy atom. The molecule has 2 unspecified atom stereocenters. The molecule has 0 spiro atoms. The lowest BCUT2D eigenvalue weighted by Crippen LogP contribution is -2.51. The van der Waals surface area contributed by atoms with E-state index in [1.165, 1.54) is 0 Å². The highest BCUT2D eigenvalue weighted by atomic mass is 35.5. The standard InChI is InChI=1S/C13H20N2O2.ClH/c1-9-4-3-6-15(11(9)8-14)13(16)12-10(2)5-7-17-12;/h5,7,9,11H,3-4,6,8,14H2,1-2H3;1H. The molecule has 0 aliphatic carbocycles. The summed E-state index contributed by atoms with van der Waals surface area (Å²) in [6.07, 6.45) is 3.75. The monoisotopic (exact) mass is 272 g/mol. The number of amides is 1. The Morgan fingerprint density at radius 2 is 2.33 bits per heavy atom. The van der Waals surface area contributed by atoms with Crippen molar-refractivity contribution in [3.63, 3.8) is 0 Å². The maximum atomic E-state index is 12.4. The summed E-state index contributed by atoms with van der Waals surface area (Å²) >= 11 is 0. The van der Waals surface area contributed by atoms with Crippen LogP contribution >= 0.6 is 12.4 Å². The van der Waals surface area contributed by atoms with Gasteiger partial charge in [0.1, 0.15) is 0 Å². The second kappa shape index (κ2) is 6.25. The fraction of sp³-hybridized carbons (Fsp3) is 0.615. The van der Waals surface area contributed by atoms with Crippen molar-refractivity contribution in [2.24, 2.45) is 11.7 Å². The number of hydrogen-bond acceptors (Lipinski definition) is 3. The van der Waals surface area contributed by atoms with Gasteiger partial charge in [-0.1, -0.05) is 6.92 Å². The Balaban J connectivity index is 0.00000162. The first-order valence-corrected chi connectivity index (χ1v) is 6.20. The van der Waals surface area contributed by atoms with Crippen molar-refractivity contribution in [1.29, 1.82) is 0 Å². The normalized spacial score (nSPS) is 23.6. The SMILES string of the molecule is Cc1ccoc1C(=O)N1CCCC(C)C1CN.Cl. The predicted molar refractivity (Wildman–Crippen MR) is 73.0 cm³/mol. The average molecular weight is 273 g/mol. The largest absolute Gasteiger partial charge is 0.459 e. The van der Waals surface area contributed by atoms with Gasteiger partial charge in [0.2, 0.25) is 0 Å². The number of rotatable bonds is 2. The highest BCUT2D eigenvalue weighted by Gasteiger charge is 2.32. The molecule has 2 N–H and O–H groups in total. The minimum Gasteiger partial charge on any atom is -0.459 e. The summed E-state index contributed by atoms with van der Waals surface area (Å²) in [6.45, 7) is 5.35. The summed E-state index contributed by atoms with van der Waals surface area (Å²) in [5, 5.41) is 0. The summed E-state index contributed by atoms with van der Waals surface area (Å²) in [4.78, 5) is 14.2. The molecule has 102 valence electrons. The number of nitrogens with two attached hydrogens (primary N) is 1. The van der Waals surface area contributed by atoms with Crippen molar-refractivity contribution in [2.45, 2.75) is 32.7 Å². The quantitative estimate of drug-likeness (QED) is 0.898. The highest BCUT2D eigenvalue weighted by molar-refractivity contribution is 5.93. The lowest BCUT2D eigenvalue weighted by molar-refractivity contribution is 0.0500. The number of carbonyl (C=O) groups is 1. The fourth-order valence-corrected chi connectivity index (χ4v) is 2.58. The summed E-state index contributed by atoms with van der Waals surface area (Å²) in [5.74, 6) is 0.903. The smallest absolute Gasteiger partial charge is 0.290 e. The van der Waals surface area contributed by atoms with Crippen LogP contribution in [0.25, 0.3) is 0 Å². The van der Waals surface area contributed by atoms with Crippen molar-refractivity contribution in [3.05, 3.63) is 23.7 Å². The molecule has 1 aliphatic rings. The summed E-state index contributed by atoms with van der Waals surface area (Å²) < 4.78 is 5.28. The Bertz CT molecular complexity index is 405. The fourth-order valence-electron chi connectivity index (χ4n) is 2.58. The molecule has 1 fully saturated rings. The van der Waals surface area contributed by atoms with Crippen LogP contribution in [0, 0.1) is 12.8 Å². The van der Waals surface area contributed by atoms with Crippen LogP contribution in [0.1, 0.15) is 35.9 Å². The number of halogens is 1. The van der Waals surface area contributed by atoms with E-state index in [-0.39, 0.29) is 24.4 Å². The lowest BCUT2D eigenvalue weighted by atomic mass is 9.90. The number of aryl methyl sites for hydroxylation is 1. The number of nitrogens with zero attached hydrogens (tertiary/aromatic N) is 1. The number of piperidine rings is 1. The van der Waals surface area contributed by atoms with E-state index in [1.807, 2.05) is 17.9 Å². The first-order valence-electron chi connectivity index (χ1n) is 6.20. The van der Waals surface area contributed by atoms with Gasteiger partial charge >= 0.3 is 0 Å². The highest BCUT2D eigenvalue weighted by Crippen LogP contribution is 2.25. The second-order valence-electron chi connectivity index (χ2n) is 4.85. The van der Waals surface area contributed by atoms with Crippen LogP contribution in [-0.2, 0) is 0 Å². The van der Waals surface area contributed by atoms with Gasteiger partial charge in [-0.25, -0.2) is 0 Å². The summed E-state index contributed by atoms with van der Waals surface area (Å²) in [7, 11) is 0. The molecular weight excluding hydrogens is 252 g/mol. The van der Waals surface area contributed by atoms with Gasteiger partial charge in [0.05, 0.1) is 6.26 Å². The first kappa shape index (κ1) is 15.1. The molecule has 2 atom stereocenters. The zero-order chi connectivity index (χ0) is 12.4. The molecule has 2 heterocycles. The summed E-state index contributed by atoms with van der Waals surface area (Å²) in [6, 6.07) is 1.96. The van der Waals surface area contributed by atoms with E-state index in [0.717, 1.165) is 24.9 Å². The van der Waals surface area contributed by atoms with E-state index < -0.39 is 0 Å². The van der Waals surface area contributed by atoms with Gasteiger partial charge in [-0.3, -0.25) is 4.79 Å². The Kier molecular flexibility index (Phi) is 5.23. The molecule has 0 aromatic carbocycles.